The Morgan fingerprint density at radius 1 is 1.07 bits per heavy atom. The van der Waals surface area contributed by atoms with Crippen LogP contribution in [-0.4, -0.2) is 40.1 Å². The first-order valence-corrected chi connectivity index (χ1v) is 11.7. The number of nitrogens with zero attached hydrogens (tertiary/aromatic N) is 1. The number of hydrogen-bond acceptors (Lipinski definition) is 4. The molecule has 0 heterocycles. The number of hydrogen-bond donors (Lipinski definition) is 1. The maximum Gasteiger partial charge on any atom is 0.264 e. The van der Waals surface area contributed by atoms with Crippen molar-refractivity contribution in [3.8, 4) is 0 Å². The van der Waals surface area contributed by atoms with E-state index in [0.29, 0.717) is 25.3 Å². The summed E-state index contributed by atoms with van der Waals surface area (Å²) in [5.74, 6) is -0.352. The van der Waals surface area contributed by atoms with Crippen molar-refractivity contribution in [2.45, 2.75) is 51.5 Å². The van der Waals surface area contributed by atoms with Gasteiger partial charge in [0.1, 0.15) is 6.54 Å². The summed E-state index contributed by atoms with van der Waals surface area (Å²) in [5, 5.41) is 2.79. The van der Waals surface area contributed by atoms with Gasteiger partial charge in [-0.1, -0.05) is 36.8 Å². The maximum absolute atomic E-state index is 13.3. The van der Waals surface area contributed by atoms with E-state index in [1.54, 1.807) is 36.4 Å². The number of carbonyl (C=O) groups is 1. The Morgan fingerprint density at radius 2 is 1.70 bits per heavy atom. The van der Waals surface area contributed by atoms with Crippen LogP contribution in [0.15, 0.2) is 53.4 Å². The number of carbonyl (C=O) groups excluding carboxylic acids is 1. The molecular formula is C23H32N2O4S. The SMILES string of the molecule is CCc1ccc(N(CC(=O)NCCCOC(C)C)S(=O)(=O)c2ccc(C)cc2)cc1. The number of benzene rings is 2. The van der Waals surface area contributed by atoms with Gasteiger partial charge < -0.3 is 10.1 Å². The average molecular weight is 433 g/mol. The van der Waals surface area contributed by atoms with Crippen molar-refractivity contribution in [3.63, 3.8) is 0 Å². The van der Waals surface area contributed by atoms with Crippen LogP contribution in [0.25, 0.3) is 0 Å². The van der Waals surface area contributed by atoms with Crippen molar-refractivity contribution < 1.29 is 17.9 Å². The zero-order valence-electron chi connectivity index (χ0n) is 18.2. The minimum absolute atomic E-state index is 0.141. The van der Waals surface area contributed by atoms with Crippen LogP contribution in [0.2, 0.25) is 0 Å². The highest BCUT2D eigenvalue weighted by molar-refractivity contribution is 7.92. The number of sulfonamides is 1. The number of amides is 1. The second-order valence-electron chi connectivity index (χ2n) is 7.47. The molecule has 2 aromatic carbocycles. The fraction of sp³-hybridized carbons (Fsp3) is 0.435. The van der Waals surface area contributed by atoms with E-state index in [1.165, 1.54) is 0 Å². The molecule has 6 nitrogen and oxygen atoms in total. The molecule has 0 unspecified atom stereocenters. The van der Waals surface area contributed by atoms with Gasteiger partial charge in [0.25, 0.3) is 10.0 Å². The molecule has 0 bridgehead atoms. The molecule has 0 aliphatic carbocycles. The van der Waals surface area contributed by atoms with Crippen molar-refractivity contribution in [1.29, 1.82) is 0 Å². The number of rotatable bonds is 11. The van der Waals surface area contributed by atoms with E-state index in [2.05, 4.69) is 5.32 Å². The summed E-state index contributed by atoms with van der Waals surface area (Å²) >= 11 is 0. The third-order valence-electron chi connectivity index (χ3n) is 4.62. The lowest BCUT2D eigenvalue weighted by Gasteiger charge is -2.24. The Kier molecular flexibility index (Phi) is 8.87. The van der Waals surface area contributed by atoms with Crippen molar-refractivity contribution in [1.82, 2.24) is 5.32 Å². The van der Waals surface area contributed by atoms with E-state index in [4.69, 9.17) is 4.74 Å². The normalized spacial score (nSPS) is 11.5. The third kappa shape index (κ3) is 6.85. The molecule has 7 heteroatoms. The van der Waals surface area contributed by atoms with Gasteiger partial charge in [-0.25, -0.2) is 8.42 Å². The molecule has 0 fully saturated rings. The molecule has 2 rings (SSSR count). The Balaban J connectivity index is 2.19. The molecule has 1 amide bonds. The molecule has 0 saturated heterocycles. The molecule has 0 aromatic heterocycles. The largest absolute Gasteiger partial charge is 0.379 e. The molecule has 0 saturated carbocycles. The summed E-state index contributed by atoms with van der Waals surface area (Å²) in [5.41, 5.74) is 2.53. The number of aryl methyl sites for hydroxylation is 2. The molecule has 30 heavy (non-hydrogen) atoms. The van der Waals surface area contributed by atoms with Crippen molar-refractivity contribution in [2.75, 3.05) is 24.0 Å². The lowest BCUT2D eigenvalue weighted by Crippen LogP contribution is -2.41. The van der Waals surface area contributed by atoms with Crippen LogP contribution in [-0.2, 0) is 26.0 Å². The second kappa shape index (κ2) is 11.1. The Hall–Kier alpha value is -2.38. The van der Waals surface area contributed by atoms with Crippen molar-refractivity contribution >= 4 is 21.6 Å². The molecule has 0 aliphatic rings. The zero-order valence-corrected chi connectivity index (χ0v) is 19.0. The molecule has 164 valence electrons. The number of nitrogens with one attached hydrogen (secondary N) is 1. The van der Waals surface area contributed by atoms with Gasteiger partial charge in [-0.05, 0) is 63.4 Å². The van der Waals surface area contributed by atoms with Gasteiger partial charge in [-0.3, -0.25) is 9.10 Å². The lowest BCUT2D eigenvalue weighted by molar-refractivity contribution is -0.119. The Labute approximate surface area is 180 Å². The first-order valence-electron chi connectivity index (χ1n) is 10.3. The van der Waals surface area contributed by atoms with E-state index in [0.717, 1.165) is 21.9 Å². The molecule has 2 aromatic rings. The van der Waals surface area contributed by atoms with Crippen molar-refractivity contribution in [2.24, 2.45) is 0 Å². The van der Waals surface area contributed by atoms with Gasteiger partial charge in [0.05, 0.1) is 16.7 Å². The minimum atomic E-state index is -3.88. The van der Waals surface area contributed by atoms with E-state index >= 15 is 0 Å². The van der Waals surface area contributed by atoms with E-state index in [-0.39, 0.29) is 23.5 Å². The van der Waals surface area contributed by atoms with Crippen LogP contribution in [0.4, 0.5) is 5.69 Å². The van der Waals surface area contributed by atoms with E-state index < -0.39 is 10.0 Å². The number of ether oxygens (including phenoxy) is 1. The molecule has 0 atom stereocenters. The Morgan fingerprint density at radius 3 is 2.27 bits per heavy atom. The fourth-order valence-electron chi connectivity index (χ4n) is 2.86. The van der Waals surface area contributed by atoms with Gasteiger partial charge in [0.2, 0.25) is 5.91 Å². The molecule has 0 radical (unpaired) electrons. The van der Waals surface area contributed by atoms with Gasteiger partial charge in [0, 0.05) is 13.2 Å². The summed E-state index contributed by atoms with van der Waals surface area (Å²) in [6.45, 7) is 8.53. The van der Waals surface area contributed by atoms with E-state index in [1.807, 2.05) is 39.8 Å². The van der Waals surface area contributed by atoms with Crippen LogP contribution in [0.3, 0.4) is 0 Å². The maximum atomic E-state index is 13.3. The second-order valence-corrected chi connectivity index (χ2v) is 9.33. The van der Waals surface area contributed by atoms with Crippen LogP contribution < -0.4 is 9.62 Å². The quantitative estimate of drug-likeness (QED) is 0.550. The molecule has 1 N–H and O–H groups in total. The summed E-state index contributed by atoms with van der Waals surface area (Å²) in [6.07, 6.45) is 1.66. The average Bonchev–Trinajstić information content (AvgIpc) is 2.72. The predicted octanol–water partition coefficient (Wildman–Crippen LogP) is 3.68. The molecule has 0 spiro atoms. The summed E-state index contributed by atoms with van der Waals surface area (Å²) in [6, 6.07) is 13.9. The highest BCUT2D eigenvalue weighted by atomic mass is 32.2. The molecule has 0 aliphatic heterocycles. The topological polar surface area (TPSA) is 75.7 Å². The standard InChI is InChI=1S/C23H32N2O4S/c1-5-20-9-11-21(12-10-20)25(17-23(26)24-15-6-16-29-18(2)3)30(27,28)22-13-7-19(4)8-14-22/h7-14,18H,5-6,15-17H2,1-4H3,(H,24,26). The fourth-order valence-corrected chi connectivity index (χ4v) is 4.28. The smallest absolute Gasteiger partial charge is 0.264 e. The molecular weight excluding hydrogens is 400 g/mol. The zero-order chi connectivity index (χ0) is 22.1. The lowest BCUT2D eigenvalue weighted by atomic mass is 10.1. The predicted molar refractivity (Wildman–Crippen MR) is 120 cm³/mol. The van der Waals surface area contributed by atoms with Crippen LogP contribution >= 0.6 is 0 Å². The first kappa shape index (κ1) is 23.9. The highest BCUT2D eigenvalue weighted by Crippen LogP contribution is 2.24. The van der Waals surface area contributed by atoms with Gasteiger partial charge in [0.15, 0.2) is 0 Å². The summed E-state index contributed by atoms with van der Waals surface area (Å²) < 4.78 is 33.2. The highest BCUT2D eigenvalue weighted by Gasteiger charge is 2.27. The van der Waals surface area contributed by atoms with Crippen LogP contribution in [0.5, 0.6) is 0 Å². The third-order valence-corrected chi connectivity index (χ3v) is 6.41. The van der Waals surface area contributed by atoms with Gasteiger partial charge in [-0.15, -0.1) is 0 Å². The number of anilines is 1. The minimum Gasteiger partial charge on any atom is -0.379 e. The van der Waals surface area contributed by atoms with Crippen molar-refractivity contribution in [3.05, 3.63) is 59.7 Å². The van der Waals surface area contributed by atoms with Crippen LogP contribution in [0, 0.1) is 6.92 Å². The summed E-state index contributed by atoms with van der Waals surface area (Å²) in [4.78, 5) is 12.7. The van der Waals surface area contributed by atoms with Gasteiger partial charge >= 0.3 is 0 Å². The van der Waals surface area contributed by atoms with Gasteiger partial charge in [-0.2, -0.15) is 0 Å². The first-order chi connectivity index (χ1) is 14.2. The Bertz CT molecular complexity index is 907. The van der Waals surface area contributed by atoms with E-state index in [9.17, 15) is 13.2 Å². The summed E-state index contributed by atoms with van der Waals surface area (Å²) in [7, 11) is -3.88. The van der Waals surface area contributed by atoms with Crippen LogP contribution in [0.1, 0.15) is 38.3 Å². The monoisotopic (exact) mass is 432 g/mol.